The molecule has 11 nitrogen and oxygen atoms in total. The van der Waals surface area contributed by atoms with E-state index in [2.05, 4.69) is 10.1 Å². The lowest BCUT2D eigenvalue weighted by Gasteiger charge is -2.16. The predicted molar refractivity (Wildman–Crippen MR) is 25.0 cm³/mol. The lowest BCUT2D eigenvalue weighted by atomic mass is 11.1. The van der Waals surface area contributed by atoms with Gasteiger partial charge in [-0.25, -0.2) is 10.1 Å². The summed E-state index contributed by atoms with van der Waals surface area (Å²) in [6.45, 7) is 0. The quantitative estimate of drug-likeness (QED) is 0.179. The van der Waals surface area contributed by atoms with Crippen molar-refractivity contribution in [2.75, 3.05) is 0 Å². The highest BCUT2D eigenvalue weighted by molar-refractivity contribution is 5.72. The summed E-state index contributed by atoms with van der Waals surface area (Å²) in [6, 6.07) is 0. The molecule has 0 saturated heterocycles. The third-order valence-corrected chi connectivity index (χ3v) is 0.852. The summed E-state index contributed by atoms with van der Waals surface area (Å²) in [7, 11) is -4.96. The van der Waals surface area contributed by atoms with Gasteiger partial charge in [-0.1, -0.05) is 0 Å². The van der Waals surface area contributed by atoms with E-state index in [1.807, 2.05) is 0 Å². The number of guanidine groups is 1. The number of nitrogens with two attached hydrogens (primary N) is 1. The molecule has 0 radical (unpaired) electrons. The van der Waals surface area contributed by atoms with Gasteiger partial charge in [0.15, 0.2) is 5.03 Å². The van der Waals surface area contributed by atoms with Crippen LogP contribution in [0.4, 0.5) is 0 Å². The molecule has 0 aliphatic carbocycles. The molecule has 0 amide bonds. The molecule has 0 spiro atoms. The molecular weight excluding hydrogens is 213 g/mol. The second-order valence-corrected chi connectivity index (χ2v) is 2.38. The molecule has 0 atom stereocenters. The minimum absolute atomic E-state index is 0.427. The highest BCUT2D eigenvalue weighted by Gasteiger charge is 2.31. The van der Waals surface area contributed by atoms with Crippen molar-refractivity contribution < 1.29 is 33.6 Å². The van der Waals surface area contributed by atoms with Crippen LogP contribution < -0.4 is 25.2 Å². The lowest BCUT2D eigenvalue weighted by molar-refractivity contribution is -1.92. The molecule has 0 aromatic heterocycles. The Bertz CT molecular complexity index is 212. The van der Waals surface area contributed by atoms with E-state index in [0.717, 1.165) is 5.53 Å². The van der Waals surface area contributed by atoms with Crippen molar-refractivity contribution in [3.8, 4) is 0 Å². The second kappa shape index (κ2) is 4.01. The van der Waals surface area contributed by atoms with Crippen LogP contribution in [-0.4, -0.2) is 16.2 Å². The van der Waals surface area contributed by atoms with Crippen LogP contribution in [0, 0.1) is 25.8 Å². The van der Waals surface area contributed by atoms with E-state index in [1.54, 1.807) is 0 Å². The zero-order chi connectivity index (χ0) is 10.6. The Hall–Kier alpha value is -1.40. The molecule has 0 rings (SSSR count). The summed E-state index contributed by atoms with van der Waals surface area (Å²) in [5.74, 6) is -1.18. The van der Waals surface area contributed by atoms with Gasteiger partial charge in [-0.05, 0) is 5.53 Å². The molecule has 0 aliphatic heterocycles. The molecule has 0 saturated carbocycles. The molecule has 0 aliphatic rings. The third-order valence-electron chi connectivity index (χ3n) is 0.545. The van der Waals surface area contributed by atoms with Gasteiger partial charge in [0, 0.05) is 0 Å². The van der Waals surface area contributed by atoms with Crippen LogP contribution in [0.15, 0.2) is 0 Å². The van der Waals surface area contributed by atoms with Gasteiger partial charge in [0.05, 0.1) is 5.17 Å². The normalized spacial score (nSPS) is 10.7. The van der Waals surface area contributed by atoms with Gasteiger partial charge in [0.2, 0.25) is 4.39 Å². The molecule has 13 heavy (non-hydrogen) atoms. The number of hydrogen-bond donors (Lipinski definition) is 3. The maximum atomic E-state index is 9.87. The summed E-state index contributed by atoms with van der Waals surface area (Å²) < 4.78 is 32.9. The molecule has 0 aromatic rings. The monoisotopic (exact) mass is 217 g/mol. The van der Waals surface area contributed by atoms with E-state index >= 15 is 0 Å². The molecule has 12 heteroatoms. The Morgan fingerprint density at radius 1 is 1.62 bits per heavy atom. The van der Waals surface area contributed by atoms with Crippen LogP contribution in [0.1, 0.15) is 0 Å². The Kier molecular flexibility index (Phi) is 3.58. The van der Waals surface area contributed by atoms with E-state index in [1.165, 1.54) is 0 Å². The summed E-state index contributed by atoms with van der Waals surface area (Å²) in [5.41, 5.74) is 5.64. The van der Waals surface area contributed by atoms with Crippen molar-refractivity contribution in [1.82, 2.24) is 10.7 Å². The molecule has 0 bridgehead atoms. The summed E-state index contributed by atoms with van der Waals surface area (Å²) in [4.78, 5) is 9.72. The van der Waals surface area contributed by atoms with Crippen LogP contribution in [0.25, 0.3) is 0 Å². The lowest BCUT2D eigenvalue weighted by Crippen LogP contribution is -2.66. The largest absolute Gasteiger partial charge is 0.366 e. The van der Waals surface area contributed by atoms with Crippen molar-refractivity contribution in [2.24, 2.45) is 5.73 Å². The van der Waals surface area contributed by atoms with E-state index in [9.17, 15) is 24.1 Å². The summed E-state index contributed by atoms with van der Waals surface area (Å²) in [6.07, 6.45) is 0. The molecule has 0 heterocycles. The zero-order valence-electron chi connectivity index (χ0n) is 5.80. The first-order chi connectivity index (χ1) is 5.72. The maximum absolute atomic E-state index is 9.87. The molecular formula is CH4ClN5O6. The first kappa shape index (κ1) is 11.6. The van der Waals surface area contributed by atoms with Crippen LogP contribution in [0.5, 0.6) is 0 Å². The Labute approximate surface area is 72.6 Å². The number of halogens is 1. The Morgan fingerprint density at radius 2 is 2.08 bits per heavy atom. The average molecular weight is 218 g/mol. The van der Waals surface area contributed by atoms with Gasteiger partial charge >= 0.3 is 0 Å². The van der Waals surface area contributed by atoms with Gasteiger partial charge in [-0.3, -0.25) is 5.41 Å². The molecule has 76 valence electrons. The number of hydrazine groups is 2. The molecule has 4 N–H and O–H groups in total. The van der Waals surface area contributed by atoms with Crippen molar-refractivity contribution in [1.29, 1.82) is 5.41 Å². The minimum Gasteiger partial charge on any atom is -0.366 e. The van der Waals surface area contributed by atoms with Gasteiger partial charge in [-0.2, -0.15) is 14.0 Å². The third kappa shape index (κ3) is 5.83. The summed E-state index contributed by atoms with van der Waals surface area (Å²) in [5, 5.41) is 14.5. The number of hydrogen-bond acceptors (Lipinski definition) is 7. The highest BCUT2D eigenvalue weighted by atomic mass is 35.7. The van der Waals surface area contributed by atoms with E-state index in [4.69, 9.17) is 5.41 Å². The van der Waals surface area contributed by atoms with Gasteiger partial charge in [0.25, 0.3) is 5.96 Å². The smallest absolute Gasteiger partial charge is 0.255 e. The Balaban J connectivity index is 4.27. The fraction of sp³-hybridized carbons (Fsp3) is 0. The van der Waals surface area contributed by atoms with Gasteiger partial charge < -0.3 is 5.73 Å². The molecule has 0 unspecified atom stereocenters. The van der Waals surface area contributed by atoms with E-state index < -0.39 is 26.4 Å². The number of rotatable bonds is 4. The van der Waals surface area contributed by atoms with Gasteiger partial charge in [-0.15, -0.1) is 0 Å². The maximum Gasteiger partial charge on any atom is 0.255 e. The average Bonchev–Trinajstić information content (AvgIpc) is 1.81. The first-order valence-corrected chi connectivity index (χ1v) is 3.61. The van der Waals surface area contributed by atoms with Crippen LogP contribution in [0.3, 0.4) is 0 Å². The topological polar surface area (TPSA) is 187 Å². The standard InChI is InChI=1S/CH4ClN5O6/c3-1(4)6(5-7(11)12)13-2(8,9)10/h5H,(H3,3,4). The summed E-state index contributed by atoms with van der Waals surface area (Å²) >= 11 is 0. The van der Waals surface area contributed by atoms with Gasteiger partial charge in [0.1, 0.15) is 10.2 Å². The second-order valence-electron chi connectivity index (χ2n) is 1.48. The molecule has 0 fully saturated rings. The number of nitro groups is 1. The number of nitrogens with one attached hydrogen (secondary N) is 2. The SMILES string of the molecule is N=C(N)N(N[N+](=O)[O-])O[Cl+3]([O-])([O-])[O-]. The van der Waals surface area contributed by atoms with E-state index in [0.29, 0.717) is 0 Å². The van der Waals surface area contributed by atoms with E-state index in [-0.39, 0.29) is 0 Å². The number of nitrogens with zero attached hydrogens (tertiary/aromatic N) is 2. The fourth-order valence-corrected chi connectivity index (χ4v) is 0.539. The van der Waals surface area contributed by atoms with Crippen LogP contribution in [-0.2, 0) is 4.39 Å². The van der Waals surface area contributed by atoms with Crippen LogP contribution >= 0.6 is 0 Å². The first-order valence-electron chi connectivity index (χ1n) is 2.37. The molecule has 0 aromatic carbocycles. The van der Waals surface area contributed by atoms with Crippen molar-refractivity contribution >= 4 is 5.96 Å². The highest BCUT2D eigenvalue weighted by Crippen LogP contribution is 1.92. The van der Waals surface area contributed by atoms with Crippen molar-refractivity contribution in [2.45, 2.75) is 0 Å². The fourth-order valence-electron chi connectivity index (χ4n) is 0.265. The predicted octanol–water partition coefficient (Wildman–Crippen LogP) is -5.29. The Morgan fingerprint density at radius 3 is 2.31 bits per heavy atom. The zero-order valence-corrected chi connectivity index (χ0v) is 6.56. The van der Waals surface area contributed by atoms with Crippen molar-refractivity contribution in [3.63, 3.8) is 0 Å². The van der Waals surface area contributed by atoms with Crippen molar-refractivity contribution in [3.05, 3.63) is 10.1 Å². The minimum atomic E-state index is -4.96. The van der Waals surface area contributed by atoms with Crippen LogP contribution in [0.2, 0.25) is 0 Å². The number of hydroxylamine groups is 1.